The number of nitrogens with zero attached hydrogens (tertiary/aromatic N) is 3. The van der Waals surface area contributed by atoms with E-state index in [1.54, 1.807) is 0 Å². The molecule has 1 aliphatic rings. The van der Waals surface area contributed by atoms with Crippen LogP contribution in [0.5, 0.6) is 0 Å². The third-order valence-corrected chi connectivity index (χ3v) is 6.75. The maximum Gasteiger partial charge on any atom is 0.254 e. The summed E-state index contributed by atoms with van der Waals surface area (Å²) in [5.74, 6) is 0.842. The molecule has 7 nitrogen and oxygen atoms in total. The highest BCUT2D eigenvalue weighted by atomic mass is 16.5. The van der Waals surface area contributed by atoms with Gasteiger partial charge in [0, 0.05) is 44.8 Å². The van der Waals surface area contributed by atoms with Crippen LogP contribution in [-0.2, 0) is 24.4 Å². The number of nitrogens with one attached hydrogen (secondary N) is 2. The molecule has 1 aliphatic heterocycles. The SMILES string of the molecule is O=C(c1cccc(CNCc2ccccc2)c1)N(CCCN1CCOCC1)Cc1nc2ccccc2[nH]1. The van der Waals surface area contributed by atoms with Crippen LogP contribution in [0.3, 0.4) is 0 Å². The largest absolute Gasteiger partial charge is 0.379 e. The third-order valence-electron chi connectivity index (χ3n) is 6.75. The summed E-state index contributed by atoms with van der Waals surface area (Å²) in [5.41, 5.74) is 4.96. The van der Waals surface area contributed by atoms with E-state index < -0.39 is 0 Å². The minimum Gasteiger partial charge on any atom is -0.379 e. The number of para-hydroxylation sites is 2. The molecule has 2 N–H and O–H groups in total. The molecule has 2 heterocycles. The van der Waals surface area contributed by atoms with Crippen molar-refractivity contribution in [3.8, 4) is 0 Å². The molecule has 0 spiro atoms. The molecule has 1 amide bonds. The Morgan fingerprint density at radius 3 is 2.54 bits per heavy atom. The predicted molar refractivity (Wildman–Crippen MR) is 146 cm³/mol. The maximum atomic E-state index is 13.7. The Balaban J connectivity index is 1.26. The first-order valence-corrected chi connectivity index (χ1v) is 13.1. The number of carbonyl (C=O) groups is 1. The van der Waals surface area contributed by atoms with E-state index in [4.69, 9.17) is 9.72 Å². The highest BCUT2D eigenvalue weighted by molar-refractivity contribution is 5.94. The van der Waals surface area contributed by atoms with Crippen LogP contribution in [0.4, 0.5) is 0 Å². The van der Waals surface area contributed by atoms with E-state index in [1.807, 2.05) is 65.6 Å². The zero-order valence-electron chi connectivity index (χ0n) is 21.2. The molecule has 3 aromatic carbocycles. The normalized spacial score (nSPS) is 14.2. The van der Waals surface area contributed by atoms with Gasteiger partial charge in [-0.2, -0.15) is 0 Å². The van der Waals surface area contributed by atoms with E-state index in [0.717, 1.165) is 68.2 Å². The minimum absolute atomic E-state index is 0.0346. The minimum atomic E-state index is 0.0346. The molecule has 0 unspecified atom stereocenters. The van der Waals surface area contributed by atoms with Crippen molar-refractivity contribution in [1.29, 1.82) is 0 Å². The molecular weight excluding hydrogens is 462 g/mol. The summed E-state index contributed by atoms with van der Waals surface area (Å²) in [4.78, 5) is 26.2. The Kier molecular flexibility index (Phi) is 8.58. The lowest BCUT2D eigenvalue weighted by molar-refractivity contribution is 0.0355. The number of fused-ring (bicyclic) bond motifs is 1. The van der Waals surface area contributed by atoms with E-state index in [0.29, 0.717) is 25.2 Å². The fourth-order valence-electron chi connectivity index (χ4n) is 4.77. The van der Waals surface area contributed by atoms with Crippen molar-refractivity contribution in [1.82, 2.24) is 25.1 Å². The summed E-state index contributed by atoms with van der Waals surface area (Å²) in [7, 11) is 0. The lowest BCUT2D eigenvalue weighted by Gasteiger charge is -2.28. The molecule has 1 aromatic heterocycles. The summed E-state index contributed by atoms with van der Waals surface area (Å²) in [5, 5.41) is 3.48. The van der Waals surface area contributed by atoms with Crippen LogP contribution >= 0.6 is 0 Å². The summed E-state index contributed by atoms with van der Waals surface area (Å²) in [6.45, 7) is 7.05. The molecule has 192 valence electrons. The number of amides is 1. The van der Waals surface area contributed by atoms with Crippen LogP contribution in [0.25, 0.3) is 11.0 Å². The Bertz CT molecular complexity index is 1250. The van der Waals surface area contributed by atoms with Gasteiger partial charge >= 0.3 is 0 Å². The second-order valence-electron chi connectivity index (χ2n) is 9.52. The second kappa shape index (κ2) is 12.6. The highest BCUT2D eigenvalue weighted by Gasteiger charge is 2.19. The number of H-pyrrole nitrogens is 1. The van der Waals surface area contributed by atoms with Gasteiger partial charge in [0.05, 0.1) is 30.8 Å². The summed E-state index contributed by atoms with van der Waals surface area (Å²) < 4.78 is 5.47. The lowest BCUT2D eigenvalue weighted by atomic mass is 10.1. The molecule has 7 heteroatoms. The standard InChI is InChI=1S/C30H35N5O2/c36-30(26-11-6-10-25(20-26)22-31-21-24-8-2-1-3-9-24)35(15-7-14-34-16-18-37-19-17-34)23-29-32-27-12-4-5-13-28(27)33-29/h1-6,8-13,20,31H,7,14-19,21-23H2,(H,32,33). The molecule has 0 saturated carbocycles. The van der Waals surface area contributed by atoms with Gasteiger partial charge in [-0.3, -0.25) is 9.69 Å². The molecule has 0 radical (unpaired) electrons. The van der Waals surface area contributed by atoms with Crippen molar-refractivity contribution < 1.29 is 9.53 Å². The maximum absolute atomic E-state index is 13.7. The number of hydrogen-bond donors (Lipinski definition) is 2. The van der Waals surface area contributed by atoms with Gasteiger partial charge in [-0.25, -0.2) is 4.98 Å². The fourth-order valence-corrected chi connectivity index (χ4v) is 4.77. The Hall–Kier alpha value is -3.52. The number of aromatic amines is 1. The van der Waals surface area contributed by atoms with Gasteiger partial charge in [-0.1, -0.05) is 54.6 Å². The van der Waals surface area contributed by atoms with Crippen molar-refractivity contribution in [3.05, 3.63) is 101 Å². The Morgan fingerprint density at radius 1 is 0.946 bits per heavy atom. The molecule has 1 fully saturated rings. The van der Waals surface area contributed by atoms with Gasteiger partial charge < -0.3 is 19.9 Å². The van der Waals surface area contributed by atoms with Crippen molar-refractivity contribution in [3.63, 3.8) is 0 Å². The van der Waals surface area contributed by atoms with Crippen molar-refractivity contribution in [2.75, 3.05) is 39.4 Å². The van der Waals surface area contributed by atoms with Gasteiger partial charge in [0.25, 0.3) is 5.91 Å². The number of aromatic nitrogens is 2. The summed E-state index contributed by atoms with van der Waals surface area (Å²) in [6, 6.07) is 26.3. The molecular formula is C30H35N5O2. The van der Waals surface area contributed by atoms with E-state index in [-0.39, 0.29) is 5.91 Å². The zero-order valence-corrected chi connectivity index (χ0v) is 21.2. The number of ether oxygens (including phenoxy) is 1. The van der Waals surface area contributed by atoms with Crippen LogP contribution in [0.15, 0.2) is 78.9 Å². The van der Waals surface area contributed by atoms with Crippen molar-refractivity contribution in [2.24, 2.45) is 0 Å². The average Bonchev–Trinajstić information content (AvgIpc) is 3.36. The lowest BCUT2D eigenvalue weighted by Crippen LogP contribution is -2.39. The number of carbonyl (C=O) groups excluding carboxylic acids is 1. The summed E-state index contributed by atoms with van der Waals surface area (Å²) in [6.07, 6.45) is 0.907. The van der Waals surface area contributed by atoms with Gasteiger partial charge in [0.2, 0.25) is 0 Å². The first-order valence-electron chi connectivity index (χ1n) is 13.1. The molecule has 0 aliphatic carbocycles. The molecule has 0 atom stereocenters. The van der Waals surface area contributed by atoms with Gasteiger partial charge in [-0.05, 0) is 41.8 Å². The molecule has 1 saturated heterocycles. The number of imidazole rings is 1. The van der Waals surface area contributed by atoms with Crippen LogP contribution in [0, 0.1) is 0 Å². The van der Waals surface area contributed by atoms with Crippen LogP contribution in [0.2, 0.25) is 0 Å². The number of hydrogen-bond acceptors (Lipinski definition) is 5. The van der Waals surface area contributed by atoms with E-state index >= 15 is 0 Å². The fraction of sp³-hybridized carbons (Fsp3) is 0.333. The first kappa shape index (κ1) is 25.1. The monoisotopic (exact) mass is 497 g/mol. The molecule has 0 bridgehead atoms. The Morgan fingerprint density at radius 2 is 1.70 bits per heavy atom. The van der Waals surface area contributed by atoms with E-state index in [1.165, 1.54) is 5.56 Å². The van der Waals surface area contributed by atoms with Crippen LogP contribution in [-0.4, -0.2) is 65.1 Å². The number of benzene rings is 3. The van der Waals surface area contributed by atoms with E-state index in [2.05, 4.69) is 33.4 Å². The molecule has 5 rings (SSSR count). The first-order chi connectivity index (χ1) is 18.2. The molecule has 37 heavy (non-hydrogen) atoms. The van der Waals surface area contributed by atoms with Gasteiger partial charge in [-0.15, -0.1) is 0 Å². The predicted octanol–water partition coefficient (Wildman–Crippen LogP) is 4.22. The quantitative estimate of drug-likeness (QED) is 0.325. The highest BCUT2D eigenvalue weighted by Crippen LogP contribution is 2.15. The smallest absolute Gasteiger partial charge is 0.254 e. The van der Waals surface area contributed by atoms with Gasteiger partial charge in [0.1, 0.15) is 5.82 Å². The average molecular weight is 498 g/mol. The van der Waals surface area contributed by atoms with Gasteiger partial charge in [0.15, 0.2) is 0 Å². The number of morpholine rings is 1. The third kappa shape index (κ3) is 7.04. The number of rotatable bonds is 11. The topological polar surface area (TPSA) is 73.5 Å². The van der Waals surface area contributed by atoms with Crippen molar-refractivity contribution >= 4 is 16.9 Å². The second-order valence-corrected chi connectivity index (χ2v) is 9.52. The van der Waals surface area contributed by atoms with Crippen LogP contribution < -0.4 is 5.32 Å². The Labute approximate surface area is 218 Å². The van der Waals surface area contributed by atoms with Crippen molar-refractivity contribution in [2.45, 2.75) is 26.1 Å². The zero-order chi connectivity index (χ0) is 25.3. The van der Waals surface area contributed by atoms with E-state index in [9.17, 15) is 4.79 Å². The summed E-state index contributed by atoms with van der Waals surface area (Å²) >= 11 is 0. The molecule has 4 aromatic rings. The van der Waals surface area contributed by atoms with Crippen LogP contribution in [0.1, 0.15) is 33.7 Å².